The van der Waals surface area contributed by atoms with E-state index >= 15 is 18.0 Å². The number of fused-ring (bicyclic) bond motifs is 15. The van der Waals surface area contributed by atoms with Crippen LogP contribution in [0.25, 0.3) is 83.9 Å². The number of halogens is 6. The summed E-state index contributed by atoms with van der Waals surface area (Å²) in [6.45, 7) is 40.8. The number of amides is 3. The number of piperazine rings is 3. The lowest BCUT2D eigenvalue weighted by molar-refractivity contribution is -0.129. The highest BCUT2D eigenvalue weighted by molar-refractivity contribution is 6.35. The number of hydrogen-bond donors (Lipinski definition) is 4. The van der Waals surface area contributed by atoms with Crippen molar-refractivity contribution in [3.63, 3.8) is 0 Å². The zero-order valence-corrected chi connectivity index (χ0v) is 81.2. The smallest absolute Gasteiger partial charge is 0.282 e. The van der Waals surface area contributed by atoms with E-state index in [1.807, 2.05) is 137 Å². The summed E-state index contributed by atoms with van der Waals surface area (Å²) < 4.78 is 50.7. The maximum atomic E-state index is 15.4. The summed E-state index contributed by atoms with van der Waals surface area (Å²) in [5.41, 5.74) is 30.2. The highest BCUT2D eigenvalue weighted by Crippen LogP contribution is 2.50. The Kier molecular flexibility index (Phi) is 26.8. The summed E-state index contributed by atoms with van der Waals surface area (Å²) in [5.74, 6) is -2.11. The molecule has 3 saturated heterocycles. The number of nitrogens with one attached hydrogen (secondary N) is 1. The number of aromatic nitrogens is 9. The zero-order chi connectivity index (χ0) is 97.7. The van der Waals surface area contributed by atoms with Gasteiger partial charge >= 0.3 is 0 Å². The monoisotopic (exact) mass is 1900 g/mol. The molecular weight excluding hydrogens is 1790 g/mol. The van der Waals surface area contributed by atoms with Crippen LogP contribution in [0.15, 0.2) is 162 Å². The van der Waals surface area contributed by atoms with Crippen LogP contribution >= 0.6 is 34.8 Å². The van der Waals surface area contributed by atoms with Gasteiger partial charge in [-0.05, 0) is 194 Å². The number of rotatable bonds is 16. The van der Waals surface area contributed by atoms with Crippen molar-refractivity contribution >= 4 is 137 Å². The first-order valence-corrected chi connectivity index (χ1v) is 46.8. The number of benzene rings is 3. The lowest BCUT2D eigenvalue weighted by atomic mass is 9.98. The van der Waals surface area contributed by atoms with E-state index in [9.17, 15) is 24.0 Å². The minimum atomic E-state index is -0.570. The molecule has 15 heterocycles. The molecule has 0 aliphatic carbocycles. The van der Waals surface area contributed by atoms with Crippen molar-refractivity contribution in [2.45, 2.75) is 144 Å². The summed E-state index contributed by atoms with van der Waals surface area (Å²) >= 11 is 20.8. The van der Waals surface area contributed by atoms with Crippen LogP contribution in [0.1, 0.15) is 120 Å². The van der Waals surface area contributed by atoms with E-state index in [4.69, 9.17) is 71.9 Å². The fourth-order valence-corrected chi connectivity index (χ4v) is 21.0. The molecular formula is C102H112Cl3F3N22O6. The number of likely N-dealkylation sites (N-methyl/N-ethyl adjacent to an activating group) is 1. The molecule has 6 atom stereocenters. The quantitative estimate of drug-likeness (QED) is 0.0516. The van der Waals surface area contributed by atoms with E-state index in [0.29, 0.717) is 150 Å². The lowest BCUT2D eigenvalue weighted by Crippen LogP contribution is -2.64. The van der Waals surface area contributed by atoms with E-state index in [-0.39, 0.29) is 154 Å². The lowest BCUT2D eigenvalue weighted by Gasteiger charge is -2.52. The third-order valence-electron chi connectivity index (χ3n) is 26.7. The molecule has 6 aliphatic heterocycles. The molecule has 0 bridgehead atoms. The Morgan fingerprint density at radius 2 is 0.809 bits per heavy atom. The van der Waals surface area contributed by atoms with Crippen molar-refractivity contribution in [1.29, 1.82) is 0 Å². The van der Waals surface area contributed by atoms with E-state index in [1.54, 1.807) is 73.6 Å². The second kappa shape index (κ2) is 38.1. The van der Waals surface area contributed by atoms with Crippen LogP contribution in [-0.2, 0) is 14.4 Å². The van der Waals surface area contributed by atoms with Gasteiger partial charge in [0.05, 0.1) is 118 Å². The van der Waals surface area contributed by atoms with Crippen molar-refractivity contribution in [3.8, 4) is 50.8 Å². The molecule has 28 nitrogen and oxygen atoms in total. The number of carbonyl (C=O) groups is 3. The summed E-state index contributed by atoms with van der Waals surface area (Å²) in [5, 5.41) is 5.86. The number of pyridine rings is 9. The fraction of sp³-hybridized carbons (Fsp3) is 0.353. The van der Waals surface area contributed by atoms with Crippen LogP contribution in [0.4, 0.5) is 64.4 Å². The van der Waals surface area contributed by atoms with E-state index < -0.39 is 17.5 Å². The van der Waals surface area contributed by atoms with Gasteiger partial charge < -0.3 is 66.6 Å². The Labute approximate surface area is 802 Å². The SMILES string of the molecule is C=CC(=O)N1CC2CN(C)c3c(c4cc(Cl)c(-c5c(N)cccc5F)nc4n(-c4c(C)ccnc4C(C)C)c3=O)N2CC1C.C=CC(=O)N1CC2CN(CCCN(C)C)c3c(c4cc(Cl)c(-c5c(N)cccc5F)nc4n(-c4c(C)ccnc4C(C)C)c3=O)N2CC1C.C=CC(=O)N1CC2CNc3c(c4cc(Cl)c(-c5c(N)cccc5F)nc4n(-c4c(C)ccnc4C(C)C)c3=O)N2CC1C. The second-order valence-corrected chi connectivity index (χ2v) is 38.4. The highest BCUT2D eigenvalue weighted by Gasteiger charge is 2.47. The van der Waals surface area contributed by atoms with Gasteiger partial charge in [0, 0.05) is 142 Å². The van der Waals surface area contributed by atoms with Gasteiger partial charge in [0.1, 0.15) is 34.5 Å². The molecule has 708 valence electrons. The van der Waals surface area contributed by atoms with E-state index in [2.05, 4.69) is 59.5 Å². The number of nitrogen functional groups attached to an aromatic ring is 3. The van der Waals surface area contributed by atoms with Crippen molar-refractivity contribution < 1.29 is 27.6 Å². The van der Waals surface area contributed by atoms with Crippen molar-refractivity contribution in [2.24, 2.45) is 0 Å². The van der Waals surface area contributed by atoms with E-state index in [1.165, 1.54) is 54.6 Å². The molecule has 34 heteroatoms. The van der Waals surface area contributed by atoms with Crippen LogP contribution in [0, 0.1) is 38.2 Å². The first-order valence-electron chi connectivity index (χ1n) is 45.6. The van der Waals surface area contributed by atoms with Crippen molar-refractivity contribution in [3.05, 3.63) is 245 Å². The topological polar surface area (TPSA) is 314 Å². The first kappa shape index (κ1) is 95.8. The minimum Gasteiger partial charge on any atom is -0.398 e. The molecule has 0 radical (unpaired) electrons. The van der Waals surface area contributed by atoms with Gasteiger partial charge in [-0.15, -0.1) is 0 Å². The standard InChI is InChI=1S/C37H44ClFN8O2.C33H35ClFN7O2.C32H33ClFN7O2/c1-8-29(48)45-20-24-19-44(16-10-15-43(6)7)35-34(46(24)18-23(45)5)25-17-26(38)32(30-27(39)11-9-12-28(30)40)42-36(25)47(37(35)49)33-22(4)13-14-41-31(33)21(2)3;1-7-25(43)40-16-20-15-39(6)31-30(41(20)14-19(40)5)21-13-22(34)28(26-23(35)9-8-10-24(26)36)38-32(21)42(33(31)44)29-18(4)11-12-37-27(29)17(2)3;1-6-24(42)39-15-19-13-37-28-30(40(19)14-18(39)5)20-12-21(33)27(25-22(34)8-7-9-23(25)35)38-31(20)41(32(28)43)29-17(4)10-11-36-26(29)16(2)3/h8-9,11-14,17,21,23-24H,1,10,15-16,18-20,40H2,2-7H3;7-13,17,19-20H,1,14-16,36H2,2-6H3;6-12,16,18-19,37H,1,13-15,35H2,2-5H3. The third-order valence-corrected chi connectivity index (χ3v) is 27.6. The van der Waals surface area contributed by atoms with Crippen LogP contribution in [0.2, 0.25) is 15.1 Å². The van der Waals surface area contributed by atoms with Crippen molar-refractivity contribution in [1.82, 2.24) is 63.2 Å². The van der Waals surface area contributed by atoms with Gasteiger partial charge in [-0.2, -0.15) is 0 Å². The van der Waals surface area contributed by atoms with Crippen LogP contribution < -0.4 is 63.7 Å². The Balaban J connectivity index is 0.000000148. The molecule has 6 unspecified atom stereocenters. The maximum Gasteiger partial charge on any atom is 0.282 e. The van der Waals surface area contributed by atoms with Gasteiger partial charge in [-0.1, -0.05) is 114 Å². The molecule has 12 aromatic rings. The van der Waals surface area contributed by atoms with Gasteiger partial charge in [0.25, 0.3) is 16.7 Å². The maximum absolute atomic E-state index is 15.4. The largest absolute Gasteiger partial charge is 0.398 e. The molecule has 136 heavy (non-hydrogen) atoms. The Bertz CT molecular complexity index is 7040. The van der Waals surface area contributed by atoms with Gasteiger partial charge in [-0.25, -0.2) is 28.1 Å². The molecule has 6 aliphatic rings. The minimum absolute atomic E-state index is 0.00414. The molecule has 18 rings (SSSR count). The van der Waals surface area contributed by atoms with Crippen molar-refractivity contribution in [2.75, 3.05) is 140 Å². The molecule has 3 aromatic carbocycles. The zero-order valence-electron chi connectivity index (χ0n) is 78.9. The summed E-state index contributed by atoms with van der Waals surface area (Å²) in [6, 6.07) is 23.4. The number of aryl methyl sites for hydroxylation is 3. The number of nitrogens with two attached hydrogens (primary N) is 3. The molecule has 9 aromatic heterocycles. The summed E-state index contributed by atoms with van der Waals surface area (Å²) in [4.78, 5) is 130. The predicted molar refractivity (Wildman–Crippen MR) is 541 cm³/mol. The van der Waals surface area contributed by atoms with Gasteiger partial charge in [0.2, 0.25) is 17.7 Å². The number of nitrogens with zero attached hydrogens (tertiary/aromatic N) is 18. The fourth-order valence-electron chi connectivity index (χ4n) is 20.3. The normalized spacial score (nSPS) is 17.8. The highest BCUT2D eigenvalue weighted by atomic mass is 35.5. The Morgan fingerprint density at radius 3 is 1.17 bits per heavy atom. The van der Waals surface area contributed by atoms with Gasteiger partial charge in [-0.3, -0.25) is 57.4 Å². The van der Waals surface area contributed by atoms with Crippen LogP contribution in [0.5, 0.6) is 0 Å². The molecule has 0 saturated carbocycles. The molecule has 3 amide bonds. The van der Waals surface area contributed by atoms with Gasteiger partial charge in [0.15, 0.2) is 16.9 Å². The molecule has 7 N–H and O–H groups in total. The number of anilines is 9. The average Bonchev–Trinajstić information content (AvgIpc) is 0.716. The molecule has 0 spiro atoms. The Morgan fingerprint density at radius 1 is 0.471 bits per heavy atom. The molecule has 3 fully saturated rings. The summed E-state index contributed by atoms with van der Waals surface area (Å²) in [6.07, 6.45) is 10.0. The average molecular weight is 1910 g/mol. The summed E-state index contributed by atoms with van der Waals surface area (Å²) in [7, 11) is 5.94. The van der Waals surface area contributed by atoms with Crippen LogP contribution in [-0.4, -0.2) is 210 Å². The third kappa shape index (κ3) is 16.9. The second-order valence-electron chi connectivity index (χ2n) is 37.2. The predicted octanol–water partition coefficient (Wildman–Crippen LogP) is 16.2. The Hall–Kier alpha value is -13.4. The first-order chi connectivity index (χ1) is 64.8. The van der Waals surface area contributed by atoms with E-state index in [0.717, 1.165) is 46.7 Å². The van der Waals surface area contributed by atoms with Crippen LogP contribution in [0.3, 0.4) is 0 Å². The number of hydrogen-bond acceptors (Lipinski definition) is 22. The number of carbonyl (C=O) groups excluding carboxylic acids is 3.